The molecule has 0 spiro atoms. The Bertz CT molecular complexity index is 1490. The molecule has 0 saturated carbocycles. The molecule has 1 atom stereocenters. The van der Waals surface area contributed by atoms with Crippen LogP contribution in [0.25, 0.3) is 5.57 Å². The van der Waals surface area contributed by atoms with E-state index in [1.807, 2.05) is 55.3 Å². The van der Waals surface area contributed by atoms with Crippen LogP contribution in [0.5, 0.6) is 0 Å². The van der Waals surface area contributed by atoms with E-state index in [1.165, 1.54) is 24.8 Å². The van der Waals surface area contributed by atoms with Crippen molar-refractivity contribution in [1.29, 1.82) is 0 Å². The van der Waals surface area contributed by atoms with E-state index in [9.17, 15) is 9.59 Å². The molecule has 0 bridgehead atoms. The zero-order valence-corrected chi connectivity index (χ0v) is 30.9. The van der Waals surface area contributed by atoms with Gasteiger partial charge in [0.15, 0.2) is 0 Å². The highest BCUT2D eigenvalue weighted by atomic mass is 16.2. The number of anilines is 2. The van der Waals surface area contributed by atoms with E-state index in [-0.39, 0.29) is 17.4 Å². The third kappa shape index (κ3) is 11.1. The molecule has 1 unspecified atom stereocenters. The fourth-order valence-corrected chi connectivity index (χ4v) is 6.51. The maximum absolute atomic E-state index is 13.9. The van der Waals surface area contributed by atoms with Crippen LogP contribution >= 0.6 is 0 Å². The van der Waals surface area contributed by atoms with Crippen LogP contribution in [0.2, 0.25) is 0 Å². The van der Waals surface area contributed by atoms with E-state index >= 15 is 0 Å². The van der Waals surface area contributed by atoms with Gasteiger partial charge in [-0.25, -0.2) is 0 Å². The predicted molar refractivity (Wildman–Crippen MR) is 201 cm³/mol. The van der Waals surface area contributed by atoms with Gasteiger partial charge in [-0.15, -0.1) is 0 Å². The molecule has 2 aromatic heterocycles. The number of nitrogens with one attached hydrogen (secondary N) is 2. The summed E-state index contributed by atoms with van der Waals surface area (Å²) in [4.78, 5) is 34.1. The molecule has 48 heavy (non-hydrogen) atoms. The Labute approximate surface area is 289 Å². The summed E-state index contributed by atoms with van der Waals surface area (Å²) in [6.45, 7) is 16.1. The molecular formula is C40H60N6O2. The third-order valence-corrected chi connectivity index (χ3v) is 9.43. The fraction of sp³-hybridized carbons (Fsp3) is 0.550. The monoisotopic (exact) mass is 656 g/mol. The van der Waals surface area contributed by atoms with Gasteiger partial charge in [0, 0.05) is 29.9 Å². The smallest absolute Gasteiger partial charge is 0.255 e. The molecule has 3 rings (SSSR count). The van der Waals surface area contributed by atoms with Crippen LogP contribution in [0.4, 0.5) is 11.4 Å². The first kappa shape index (κ1) is 38.7. The number of pyridine rings is 1. The van der Waals surface area contributed by atoms with Gasteiger partial charge in [-0.3, -0.25) is 24.2 Å². The van der Waals surface area contributed by atoms with Crippen LogP contribution in [0, 0.1) is 6.92 Å². The Kier molecular flexibility index (Phi) is 15.5. The van der Waals surface area contributed by atoms with Crippen LogP contribution < -0.4 is 10.6 Å². The number of hydrogen-bond acceptors (Lipinski definition) is 5. The lowest BCUT2D eigenvalue weighted by Gasteiger charge is -2.38. The SMILES string of the molecule is CCC/C=C/C(=C\C(/C=C(\CCC)c1cnn(C)c1)=C(C)C)C(=O)Nc1cc(NC(=O)CN2CCCC2(CC)CCCCC)cnc1C. The number of allylic oxidation sites excluding steroid dienone is 6. The molecule has 0 aromatic carbocycles. The molecule has 2 N–H and O–H groups in total. The number of carbonyl (C=O) groups is 2. The van der Waals surface area contributed by atoms with E-state index in [2.05, 4.69) is 73.2 Å². The van der Waals surface area contributed by atoms with Crippen molar-refractivity contribution in [1.82, 2.24) is 19.7 Å². The van der Waals surface area contributed by atoms with E-state index < -0.39 is 0 Å². The molecule has 1 aliphatic heterocycles. The van der Waals surface area contributed by atoms with Gasteiger partial charge in [-0.05, 0) is 89.1 Å². The quantitative estimate of drug-likeness (QED) is 0.0948. The van der Waals surface area contributed by atoms with Gasteiger partial charge in [-0.2, -0.15) is 5.10 Å². The van der Waals surface area contributed by atoms with Gasteiger partial charge in [0.05, 0.1) is 36.0 Å². The summed E-state index contributed by atoms with van der Waals surface area (Å²) < 4.78 is 1.82. The summed E-state index contributed by atoms with van der Waals surface area (Å²) in [6, 6.07) is 1.81. The first-order chi connectivity index (χ1) is 23.0. The zero-order valence-electron chi connectivity index (χ0n) is 30.9. The fourth-order valence-electron chi connectivity index (χ4n) is 6.51. The van der Waals surface area contributed by atoms with Crippen LogP contribution in [0.3, 0.4) is 0 Å². The summed E-state index contributed by atoms with van der Waals surface area (Å²) in [5, 5.41) is 10.5. The lowest BCUT2D eigenvalue weighted by molar-refractivity contribution is -0.118. The van der Waals surface area contributed by atoms with Gasteiger partial charge in [0.2, 0.25) is 5.91 Å². The molecular weight excluding hydrogens is 596 g/mol. The second-order valence-corrected chi connectivity index (χ2v) is 13.5. The summed E-state index contributed by atoms with van der Waals surface area (Å²) in [5.41, 5.74) is 6.87. The standard InChI is InChI=1S/C40H60N6O2/c1-9-13-15-19-33(24-34(30(5)6)23-32(18-11-3)35-26-42-45(8)28-35)39(48)44-37-25-36(27-41-31(37)7)43-38(47)29-46-22-17-21-40(46,12-4)20-16-14-10-2/h15,19,23-28H,9-14,16-18,20-22,29H2,1-8H3,(H,43,47)(H,44,48)/b19-15+,32-23+,33-24+. The van der Waals surface area contributed by atoms with E-state index in [0.29, 0.717) is 29.2 Å². The topological polar surface area (TPSA) is 92.2 Å². The molecule has 1 saturated heterocycles. The minimum atomic E-state index is -0.224. The van der Waals surface area contributed by atoms with Crippen molar-refractivity contribution >= 4 is 28.8 Å². The number of likely N-dealkylation sites (tertiary alicyclic amines) is 1. The van der Waals surface area contributed by atoms with E-state index in [1.54, 1.807) is 6.20 Å². The van der Waals surface area contributed by atoms with Crippen molar-refractivity contribution in [2.45, 2.75) is 125 Å². The minimum absolute atomic E-state index is 0.0484. The third-order valence-electron chi connectivity index (χ3n) is 9.43. The van der Waals surface area contributed by atoms with Gasteiger partial charge in [-0.1, -0.05) is 83.6 Å². The Hall–Kier alpha value is -3.78. The van der Waals surface area contributed by atoms with Crippen molar-refractivity contribution in [2.24, 2.45) is 7.05 Å². The Morgan fingerprint density at radius 2 is 1.81 bits per heavy atom. The highest BCUT2D eigenvalue weighted by Gasteiger charge is 2.39. The van der Waals surface area contributed by atoms with Crippen molar-refractivity contribution in [2.75, 3.05) is 23.7 Å². The molecule has 2 amide bonds. The summed E-state index contributed by atoms with van der Waals surface area (Å²) >= 11 is 0. The van der Waals surface area contributed by atoms with Crippen molar-refractivity contribution < 1.29 is 9.59 Å². The van der Waals surface area contributed by atoms with Crippen molar-refractivity contribution in [3.8, 4) is 0 Å². The van der Waals surface area contributed by atoms with E-state index in [4.69, 9.17) is 0 Å². The molecule has 1 aliphatic rings. The van der Waals surface area contributed by atoms with Crippen LogP contribution in [0.1, 0.15) is 123 Å². The second kappa shape index (κ2) is 19.3. The molecule has 0 radical (unpaired) electrons. The molecule has 2 aromatic rings. The van der Waals surface area contributed by atoms with Crippen LogP contribution in [-0.2, 0) is 16.6 Å². The minimum Gasteiger partial charge on any atom is -0.324 e. The van der Waals surface area contributed by atoms with E-state index in [0.717, 1.165) is 74.6 Å². The first-order valence-corrected chi connectivity index (χ1v) is 18.1. The lowest BCUT2D eigenvalue weighted by Crippen LogP contribution is -2.47. The maximum atomic E-state index is 13.9. The zero-order chi connectivity index (χ0) is 35.1. The Morgan fingerprint density at radius 3 is 2.46 bits per heavy atom. The molecule has 8 nitrogen and oxygen atoms in total. The number of rotatable bonds is 18. The number of amides is 2. The van der Waals surface area contributed by atoms with Gasteiger partial charge < -0.3 is 10.6 Å². The van der Waals surface area contributed by atoms with Gasteiger partial charge in [0.25, 0.3) is 5.91 Å². The molecule has 0 aliphatic carbocycles. The summed E-state index contributed by atoms with van der Waals surface area (Å²) in [5.74, 6) is -0.272. The number of nitrogens with zero attached hydrogens (tertiary/aromatic N) is 4. The highest BCUT2D eigenvalue weighted by molar-refractivity contribution is 6.07. The summed E-state index contributed by atoms with van der Waals surface area (Å²) in [6.07, 6.45) is 25.6. The van der Waals surface area contributed by atoms with Crippen LogP contribution in [0.15, 0.2) is 65.7 Å². The number of hydrogen-bond donors (Lipinski definition) is 2. The number of aryl methyl sites for hydroxylation is 2. The predicted octanol–water partition coefficient (Wildman–Crippen LogP) is 9.33. The number of aromatic nitrogens is 3. The maximum Gasteiger partial charge on any atom is 0.255 e. The van der Waals surface area contributed by atoms with Crippen molar-refractivity contribution in [3.05, 3.63) is 76.9 Å². The highest BCUT2D eigenvalue weighted by Crippen LogP contribution is 2.37. The molecule has 262 valence electrons. The number of unbranched alkanes of at least 4 members (excludes halogenated alkanes) is 3. The molecule has 1 fully saturated rings. The van der Waals surface area contributed by atoms with Gasteiger partial charge in [0.1, 0.15) is 0 Å². The largest absolute Gasteiger partial charge is 0.324 e. The molecule has 3 heterocycles. The Morgan fingerprint density at radius 1 is 1.02 bits per heavy atom. The summed E-state index contributed by atoms with van der Waals surface area (Å²) in [7, 11) is 1.92. The average Bonchev–Trinajstić information content (AvgIpc) is 3.67. The Balaban J connectivity index is 1.83. The van der Waals surface area contributed by atoms with Crippen molar-refractivity contribution in [3.63, 3.8) is 0 Å². The first-order valence-electron chi connectivity index (χ1n) is 18.1. The normalized spacial score (nSPS) is 17.2. The number of carbonyl (C=O) groups excluding carboxylic acids is 2. The molecule has 8 heteroatoms. The van der Waals surface area contributed by atoms with Crippen LogP contribution in [-0.4, -0.2) is 50.1 Å². The average molecular weight is 657 g/mol. The second-order valence-electron chi connectivity index (χ2n) is 13.5. The lowest BCUT2D eigenvalue weighted by atomic mass is 9.86. The van der Waals surface area contributed by atoms with Gasteiger partial charge >= 0.3 is 0 Å².